The van der Waals surface area contributed by atoms with Crippen LogP contribution in [0.5, 0.6) is 0 Å². The van der Waals surface area contributed by atoms with Gasteiger partial charge in [0.15, 0.2) is 5.78 Å². The molecule has 1 aliphatic rings. The van der Waals surface area contributed by atoms with Crippen LogP contribution in [0.4, 0.5) is 0 Å². The second-order valence-electron chi connectivity index (χ2n) is 8.44. The summed E-state index contributed by atoms with van der Waals surface area (Å²) in [4.78, 5) is 12.0. The van der Waals surface area contributed by atoms with Gasteiger partial charge in [0.05, 0.1) is 0 Å². The molecule has 0 saturated heterocycles. The van der Waals surface area contributed by atoms with Crippen LogP contribution in [0.15, 0.2) is 109 Å². The number of rotatable bonds is 5. The highest BCUT2D eigenvalue weighted by Gasteiger charge is 2.23. The molecular weight excluding hydrogens is 459 g/mol. The lowest BCUT2D eigenvalue weighted by atomic mass is 9.92. The fourth-order valence-electron chi connectivity index (χ4n) is 4.50. The highest BCUT2D eigenvalue weighted by Crippen LogP contribution is 2.40. The maximum atomic E-state index is 12.0. The van der Waals surface area contributed by atoms with Gasteiger partial charge < -0.3 is 0 Å². The summed E-state index contributed by atoms with van der Waals surface area (Å²) in [6, 6.07) is 32.3. The van der Waals surface area contributed by atoms with Crippen molar-refractivity contribution in [2.24, 2.45) is 0 Å². The minimum Gasteiger partial charge on any atom is -0.295 e. The van der Waals surface area contributed by atoms with Gasteiger partial charge in [0.25, 0.3) is 0 Å². The maximum Gasteiger partial charge on any atom is 0.159 e. The molecular formula is C31H22Cl2O. The molecule has 1 aliphatic carbocycles. The van der Waals surface area contributed by atoms with E-state index < -0.39 is 0 Å². The summed E-state index contributed by atoms with van der Waals surface area (Å²) in [6.07, 6.45) is 3.02. The largest absolute Gasteiger partial charge is 0.295 e. The van der Waals surface area contributed by atoms with Gasteiger partial charge in [-0.1, -0.05) is 89.9 Å². The standard InChI is InChI=1S/C31H22Cl2O/c1-20(34)24-11-16-29-25(17-24)18-26(31(29)23-5-3-2-4-6-23)19-30(21-7-12-27(32)13-8-21)22-9-14-28(33)15-10-22/h2-17,19H,18H2,1H3. The smallest absolute Gasteiger partial charge is 0.159 e. The number of hydrogen-bond donors (Lipinski definition) is 0. The van der Waals surface area contributed by atoms with E-state index in [1.807, 2.05) is 66.7 Å². The summed E-state index contributed by atoms with van der Waals surface area (Å²) in [7, 11) is 0. The Balaban J connectivity index is 1.72. The average Bonchev–Trinajstić information content (AvgIpc) is 3.21. The molecule has 0 bridgehead atoms. The lowest BCUT2D eigenvalue weighted by Gasteiger charge is -2.12. The fourth-order valence-corrected chi connectivity index (χ4v) is 4.76. The summed E-state index contributed by atoms with van der Waals surface area (Å²) in [6.45, 7) is 1.61. The van der Waals surface area contributed by atoms with Crippen LogP contribution >= 0.6 is 23.2 Å². The van der Waals surface area contributed by atoms with Gasteiger partial charge in [-0.2, -0.15) is 0 Å². The first kappa shape index (κ1) is 22.4. The lowest BCUT2D eigenvalue weighted by Crippen LogP contribution is -1.95. The highest BCUT2D eigenvalue weighted by molar-refractivity contribution is 6.31. The van der Waals surface area contributed by atoms with E-state index in [1.165, 1.54) is 22.3 Å². The molecule has 0 aliphatic heterocycles. The van der Waals surface area contributed by atoms with Crippen molar-refractivity contribution >= 4 is 40.1 Å². The molecule has 0 aromatic heterocycles. The van der Waals surface area contributed by atoms with Crippen LogP contribution in [-0.2, 0) is 6.42 Å². The molecule has 0 unspecified atom stereocenters. The van der Waals surface area contributed by atoms with E-state index in [9.17, 15) is 4.79 Å². The number of allylic oxidation sites excluding steroid dienone is 2. The van der Waals surface area contributed by atoms with E-state index in [0.717, 1.165) is 34.2 Å². The molecule has 4 aromatic rings. The summed E-state index contributed by atoms with van der Waals surface area (Å²) in [5.41, 5.74) is 9.91. The number of hydrogen-bond acceptors (Lipinski definition) is 1. The van der Waals surface area contributed by atoms with Crippen molar-refractivity contribution in [1.29, 1.82) is 0 Å². The second kappa shape index (κ2) is 9.46. The van der Waals surface area contributed by atoms with Gasteiger partial charge in [0, 0.05) is 15.6 Å². The van der Waals surface area contributed by atoms with Crippen LogP contribution in [0, 0.1) is 0 Å². The van der Waals surface area contributed by atoms with Crippen molar-refractivity contribution in [1.82, 2.24) is 0 Å². The lowest BCUT2D eigenvalue weighted by molar-refractivity contribution is 0.101. The Bertz CT molecular complexity index is 1380. The Morgan fingerprint density at radius 2 is 1.29 bits per heavy atom. The second-order valence-corrected chi connectivity index (χ2v) is 9.32. The first-order valence-corrected chi connectivity index (χ1v) is 11.9. The molecule has 34 heavy (non-hydrogen) atoms. The van der Waals surface area contributed by atoms with Gasteiger partial charge in [0.2, 0.25) is 0 Å². The number of ketones is 1. The topological polar surface area (TPSA) is 17.1 Å². The monoisotopic (exact) mass is 480 g/mol. The molecule has 166 valence electrons. The first-order chi connectivity index (χ1) is 16.5. The van der Waals surface area contributed by atoms with Crippen molar-refractivity contribution < 1.29 is 4.79 Å². The zero-order valence-electron chi connectivity index (χ0n) is 18.7. The van der Waals surface area contributed by atoms with Crippen LogP contribution in [0.1, 0.15) is 45.1 Å². The zero-order valence-corrected chi connectivity index (χ0v) is 20.2. The molecule has 1 nitrogen and oxygen atoms in total. The summed E-state index contributed by atoms with van der Waals surface area (Å²) in [5, 5.41) is 1.40. The molecule has 0 saturated carbocycles. The van der Waals surface area contributed by atoms with Gasteiger partial charge in [-0.15, -0.1) is 0 Å². The van der Waals surface area contributed by atoms with Gasteiger partial charge in [-0.05, 0) is 94.3 Å². The Morgan fingerprint density at radius 1 is 0.735 bits per heavy atom. The minimum atomic E-state index is 0.0797. The predicted octanol–water partition coefficient (Wildman–Crippen LogP) is 8.69. The number of halogens is 2. The number of carbonyl (C=O) groups is 1. The molecule has 0 fully saturated rings. The molecule has 0 heterocycles. The maximum absolute atomic E-state index is 12.0. The Morgan fingerprint density at radius 3 is 1.85 bits per heavy atom. The van der Waals surface area contributed by atoms with E-state index >= 15 is 0 Å². The van der Waals surface area contributed by atoms with Crippen LogP contribution in [0.3, 0.4) is 0 Å². The van der Waals surface area contributed by atoms with E-state index in [-0.39, 0.29) is 5.78 Å². The molecule has 0 radical (unpaired) electrons. The molecule has 0 amide bonds. The van der Waals surface area contributed by atoms with Crippen LogP contribution in [0.25, 0.3) is 11.1 Å². The van der Waals surface area contributed by atoms with Crippen molar-refractivity contribution in [3.8, 4) is 0 Å². The third kappa shape index (κ3) is 4.50. The average molecular weight is 481 g/mol. The van der Waals surface area contributed by atoms with Crippen molar-refractivity contribution in [2.45, 2.75) is 13.3 Å². The normalized spacial score (nSPS) is 12.4. The van der Waals surface area contributed by atoms with E-state index in [4.69, 9.17) is 23.2 Å². The molecule has 4 aromatic carbocycles. The number of Topliss-reactive ketones (excluding diaryl/α,β-unsaturated/α-hetero) is 1. The third-order valence-electron chi connectivity index (χ3n) is 6.17. The van der Waals surface area contributed by atoms with Gasteiger partial charge in [-0.25, -0.2) is 0 Å². The minimum absolute atomic E-state index is 0.0797. The Kier molecular flexibility index (Phi) is 6.24. The van der Waals surface area contributed by atoms with Crippen LogP contribution in [-0.4, -0.2) is 5.78 Å². The van der Waals surface area contributed by atoms with Crippen molar-refractivity contribution in [2.75, 3.05) is 0 Å². The highest BCUT2D eigenvalue weighted by atomic mass is 35.5. The molecule has 3 heteroatoms. The number of fused-ring (bicyclic) bond motifs is 1. The van der Waals surface area contributed by atoms with Gasteiger partial charge in [0.1, 0.15) is 0 Å². The molecule has 0 atom stereocenters. The fraction of sp³-hybridized carbons (Fsp3) is 0.0645. The summed E-state index contributed by atoms with van der Waals surface area (Å²) < 4.78 is 0. The zero-order chi connectivity index (χ0) is 23.7. The molecule has 0 N–H and O–H groups in total. The first-order valence-electron chi connectivity index (χ1n) is 11.2. The van der Waals surface area contributed by atoms with Gasteiger partial charge in [-0.3, -0.25) is 4.79 Å². The predicted molar refractivity (Wildman–Crippen MR) is 143 cm³/mol. The summed E-state index contributed by atoms with van der Waals surface area (Å²) in [5.74, 6) is 0.0797. The summed E-state index contributed by atoms with van der Waals surface area (Å²) >= 11 is 12.4. The quantitative estimate of drug-likeness (QED) is 0.261. The molecule has 5 rings (SSSR count). The van der Waals surface area contributed by atoms with Crippen LogP contribution in [0.2, 0.25) is 10.0 Å². The Labute approximate surface area is 210 Å². The Hall–Kier alpha value is -3.39. The van der Waals surface area contributed by atoms with Crippen LogP contribution < -0.4 is 0 Å². The van der Waals surface area contributed by atoms with E-state index in [2.05, 4.69) is 36.4 Å². The SMILES string of the molecule is CC(=O)c1ccc2c(c1)CC(C=C(c1ccc(Cl)cc1)c1ccc(Cl)cc1)=C2c1ccccc1. The molecule has 0 spiro atoms. The van der Waals surface area contributed by atoms with Crippen molar-refractivity contribution in [3.05, 3.63) is 152 Å². The number of benzene rings is 4. The van der Waals surface area contributed by atoms with E-state index in [0.29, 0.717) is 10.0 Å². The van der Waals surface area contributed by atoms with Gasteiger partial charge >= 0.3 is 0 Å². The van der Waals surface area contributed by atoms with E-state index in [1.54, 1.807) is 6.92 Å². The van der Waals surface area contributed by atoms with Crippen molar-refractivity contribution in [3.63, 3.8) is 0 Å². The third-order valence-corrected chi connectivity index (χ3v) is 6.68. The number of carbonyl (C=O) groups excluding carboxylic acids is 1.